The standard InChI is InChI=1S/C33H37ClN6O5/c1-19(2)35-15-27(21-4-8-23(34)9-5-21)32(41)39-25-12-13-26(39)17-38(16-25)31-29-20(3)14-28(30(29)36-18-37-31)45-33(42)22-6-10-24(11-7-22)40(43)44/h4-11,18-20,25-28,35H,12-17H2,1-3H3/t20-,25?,26?,27-,28-/m1/s1. The van der Waals surface area contributed by atoms with Crippen LogP contribution in [-0.2, 0) is 9.53 Å². The second-order valence-electron chi connectivity index (χ2n) is 12.5. The van der Waals surface area contributed by atoms with E-state index in [1.807, 2.05) is 24.3 Å². The lowest BCUT2D eigenvalue weighted by atomic mass is 9.95. The molecule has 6 rings (SSSR count). The lowest BCUT2D eigenvalue weighted by Gasteiger charge is -2.43. The third-order valence-electron chi connectivity index (χ3n) is 9.16. The number of rotatable bonds is 9. The Kier molecular flexibility index (Phi) is 8.74. The van der Waals surface area contributed by atoms with E-state index in [0.717, 1.165) is 29.8 Å². The van der Waals surface area contributed by atoms with E-state index in [1.165, 1.54) is 30.6 Å². The maximum atomic E-state index is 14.2. The van der Waals surface area contributed by atoms with Gasteiger partial charge in [-0.05, 0) is 55.0 Å². The van der Waals surface area contributed by atoms with Crippen molar-refractivity contribution in [2.75, 3.05) is 24.5 Å². The summed E-state index contributed by atoms with van der Waals surface area (Å²) in [6.07, 6.45) is 3.39. The van der Waals surface area contributed by atoms with E-state index in [4.69, 9.17) is 21.3 Å². The number of nitro benzene ring substituents is 1. The summed E-state index contributed by atoms with van der Waals surface area (Å²) in [7, 11) is 0. The first-order valence-corrected chi connectivity index (χ1v) is 15.8. The Morgan fingerprint density at radius 3 is 2.36 bits per heavy atom. The van der Waals surface area contributed by atoms with Crippen LogP contribution in [0.15, 0.2) is 54.9 Å². The molecule has 1 aliphatic carbocycles. The van der Waals surface area contributed by atoms with E-state index in [9.17, 15) is 19.7 Å². The zero-order valence-corrected chi connectivity index (χ0v) is 26.3. The van der Waals surface area contributed by atoms with Crippen LogP contribution in [-0.4, -0.2) is 69.4 Å². The van der Waals surface area contributed by atoms with E-state index in [1.54, 1.807) is 0 Å². The van der Waals surface area contributed by atoms with Gasteiger partial charge in [-0.3, -0.25) is 14.9 Å². The first-order valence-electron chi connectivity index (χ1n) is 15.5. The predicted octanol–water partition coefficient (Wildman–Crippen LogP) is 5.40. The third kappa shape index (κ3) is 6.24. The summed E-state index contributed by atoms with van der Waals surface area (Å²) in [5, 5.41) is 15.1. The molecule has 1 aromatic heterocycles. The van der Waals surface area contributed by atoms with Gasteiger partial charge in [0.05, 0.1) is 22.1 Å². The van der Waals surface area contributed by atoms with E-state index >= 15 is 0 Å². The van der Waals surface area contributed by atoms with E-state index in [-0.39, 0.29) is 47.1 Å². The van der Waals surface area contributed by atoms with Gasteiger partial charge in [0.15, 0.2) is 0 Å². The number of nitrogens with zero attached hydrogens (tertiary/aromatic N) is 5. The van der Waals surface area contributed by atoms with Gasteiger partial charge in [-0.15, -0.1) is 0 Å². The maximum Gasteiger partial charge on any atom is 0.338 e. The Balaban J connectivity index is 1.19. The molecule has 11 nitrogen and oxygen atoms in total. The molecule has 0 radical (unpaired) electrons. The number of ether oxygens (including phenoxy) is 1. The van der Waals surface area contributed by atoms with Gasteiger partial charge in [0.1, 0.15) is 18.2 Å². The third-order valence-corrected chi connectivity index (χ3v) is 9.41. The maximum absolute atomic E-state index is 14.2. The van der Waals surface area contributed by atoms with Gasteiger partial charge >= 0.3 is 5.97 Å². The van der Waals surface area contributed by atoms with Gasteiger partial charge in [-0.2, -0.15) is 0 Å². The number of carbonyl (C=O) groups excluding carboxylic acids is 2. The van der Waals surface area contributed by atoms with Crippen molar-refractivity contribution in [3.63, 3.8) is 0 Å². The molecule has 45 heavy (non-hydrogen) atoms. The monoisotopic (exact) mass is 632 g/mol. The second kappa shape index (κ2) is 12.7. The molecule has 236 valence electrons. The number of amides is 1. The smallest absolute Gasteiger partial charge is 0.338 e. The molecule has 12 heteroatoms. The molecular formula is C33H37ClN6O5. The average molecular weight is 633 g/mol. The molecule has 1 amide bonds. The number of piperazine rings is 1. The van der Waals surface area contributed by atoms with Crippen molar-refractivity contribution >= 4 is 35.0 Å². The van der Waals surface area contributed by atoms with Crippen LogP contribution in [0.2, 0.25) is 5.02 Å². The summed E-state index contributed by atoms with van der Waals surface area (Å²) in [6, 6.07) is 13.3. The van der Waals surface area contributed by atoms with Crippen molar-refractivity contribution in [1.82, 2.24) is 20.2 Å². The highest BCUT2D eigenvalue weighted by atomic mass is 35.5. The Bertz CT molecular complexity index is 1570. The van der Waals surface area contributed by atoms with Gasteiger partial charge in [-0.25, -0.2) is 14.8 Å². The number of nitro groups is 1. The normalized spacial score (nSPS) is 22.8. The fraction of sp³-hybridized carbons (Fsp3) is 0.455. The fourth-order valence-corrected chi connectivity index (χ4v) is 7.09. The van der Waals surface area contributed by atoms with Crippen LogP contribution in [0.1, 0.15) is 85.2 Å². The molecule has 0 saturated carbocycles. The zero-order valence-electron chi connectivity index (χ0n) is 25.6. The lowest BCUT2D eigenvalue weighted by molar-refractivity contribution is -0.384. The molecule has 3 heterocycles. The molecular weight excluding hydrogens is 596 g/mol. The lowest BCUT2D eigenvalue weighted by Crippen LogP contribution is -2.58. The Morgan fingerprint density at radius 2 is 1.73 bits per heavy atom. The summed E-state index contributed by atoms with van der Waals surface area (Å²) < 4.78 is 5.87. The molecule has 2 bridgehead atoms. The van der Waals surface area contributed by atoms with Crippen LogP contribution in [0.4, 0.5) is 11.5 Å². The fourth-order valence-electron chi connectivity index (χ4n) is 6.96. The number of benzene rings is 2. The summed E-state index contributed by atoms with van der Waals surface area (Å²) in [5.41, 5.74) is 2.77. The summed E-state index contributed by atoms with van der Waals surface area (Å²) in [5.74, 6) is 0.161. The van der Waals surface area contributed by atoms with Crippen LogP contribution < -0.4 is 10.2 Å². The number of esters is 1. The number of fused-ring (bicyclic) bond motifs is 3. The molecule has 3 aliphatic rings. The van der Waals surface area contributed by atoms with Gasteiger partial charge in [0.25, 0.3) is 5.69 Å². The largest absolute Gasteiger partial charge is 0.452 e. The van der Waals surface area contributed by atoms with E-state index in [0.29, 0.717) is 36.8 Å². The van der Waals surface area contributed by atoms with Gasteiger partial charge in [-0.1, -0.05) is 44.5 Å². The van der Waals surface area contributed by atoms with Crippen molar-refractivity contribution in [3.8, 4) is 0 Å². The van der Waals surface area contributed by atoms with Crippen molar-refractivity contribution in [2.24, 2.45) is 0 Å². The molecule has 0 spiro atoms. The Morgan fingerprint density at radius 1 is 1.07 bits per heavy atom. The average Bonchev–Trinajstić information content (AvgIpc) is 3.48. The van der Waals surface area contributed by atoms with Crippen molar-refractivity contribution < 1.29 is 19.2 Å². The van der Waals surface area contributed by atoms with Gasteiger partial charge < -0.3 is 19.9 Å². The molecule has 2 aliphatic heterocycles. The number of nitrogens with one attached hydrogen (secondary N) is 1. The van der Waals surface area contributed by atoms with Crippen LogP contribution in [0.5, 0.6) is 0 Å². The zero-order chi connectivity index (χ0) is 31.8. The molecule has 3 aromatic rings. The predicted molar refractivity (Wildman–Crippen MR) is 170 cm³/mol. The number of hydrogen-bond acceptors (Lipinski definition) is 9. The molecule has 2 fully saturated rings. The van der Waals surface area contributed by atoms with Crippen LogP contribution in [0.3, 0.4) is 0 Å². The molecule has 2 aromatic carbocycles. The summed E-state index contributed by atoms with van der Waals surface area (Å²) in [6.45, 7) is 8.11. The quantitative estimate of drug-likeness (QED) is 0.187. The number of aromatic nitrogens is 2. The summed E-state index contributed by atoms with van der Waals surface area (Å²) >= 11 is 6.16. The van der Waals surface area contributed by atoms with Gasteiger partial charge in [0.2, 0.25) is 5.91 Å². The number of halogens is 1. The first-order chi connectivity index (χ1) is 21.6. The van der Waals surface area contributed by atoms with Crippen LogP contribution in [0.25, 0.3) is 0 Å². The number of anilines is 1. The minimum atomic E-state index is -0.553. The highest BCUT2D eigenvalue weighted by Crippen LogP contribution is 2.46. The molecule has 2 unspecified atom stereocenters. The topological polar surface area (TPSA) is 131 Å². The van der Waals surface area contributed by atoms with Crippen LogP contribution >= 0.6 is 11.6 Å². The molecule has 2 saturated heterocycles. The highest BCUT2D eigenvalue weighted by molar-refractivity contribution is 6.30. The van der Waals surface area contributed by atoms with Crippen molar-refractivity contribution in [3.05, 3.63) is 92.4 Å². The summed E-state index contributed by atoms with van der Waals surface area (Å²) in [4.78, 5) is 51.2. The van der Waals surface area contributed by atoms with Gasteiger partial charge in [0, 0.05) is 60.5 Å². The Labute approximate surface area is 267 Å². The second-order valence-corrected chi connectivity index (χ2v) is 13.0. The first kappa shape index (κ1) is 30.9. The van der Waals surface area contributed by atoms with E-state index in [2.05, 4.69) is 40.9 Å². The number of hydrogen-bond donors (Lipinski definition) is 1. The highest BCUT2D eigenvalue weighted by Gasteiger charge is 2.46. The van der Waals surface area contributed by atoms with E-state index < -0.39 is 17.0 Å². The molecule has 1 N–H and O–H groups in total. The molecule has 5 atom stereocenters. The Hall–Kier alpha value is -4.09. The van der Waals surface area contributed by atoms with Crippen LogP contribution in [0, 0.1) is 10.1 Å². The number of carbonyl (C=O) groups is 2. The van der Waals surface area contributed by atoms with Crippen molar-refractivity contribution in [2.45, 2.75) is 76.1 Å². The van der Waals surface area contributed by atoms with Crippen molar-refractivity contribution in [1.29, 1.82) is 0 Å². The number of non-ortho nitro benzene ring substituents is 1. The SMILES string of the molecule is CC(C)NC[C@@H](C(=O)N1C2CCC1CN(c1ncnc3c1[C@H](C)C[C@H]3OC(=O)c1ccc([N+](=O)[O-])cc1)C2)c1ccc(Cl)cc1. The minimum Gasteiger partial charge on any atom is -0.452 e. The minimum absolute atomic E-state index is 0.0552.